The molecule has 0 aliphatic carbocycles. The highest BCUT2D eigenvalue weighted by molar-refractivity contribution is 7.13. The van der Waals surface area contributed by atoms with Gasteiger partial charge in [0, 0.05) is 17.0 Å². The maximum absolute atomic E-state index is 13.1. The molecular weight excluding hydrogens is 258 g/mol. The van der Waals surface area contributed by atoms with Gasteiger partial charge in [0.15, 0.2) is 22.4 Å². The molecule has 0 radical (unpaired) electrons. The van der Waals surface area contributed by atoms with E-state index in [0.29, 0.717) is 22.0 Å². The van der Waals surface area contributed by atoms with Crippen LogP contribution in [0.4, 0.5) is 8.78 Å². The van der Waals surface area contributed by atoms with Gasteiger partial charge < -0.3 is 4.52 Å². The molecule has 2 heterocycles. The van der Waals surface area contributed by atoms with Gasteiger partial charge in [0.25, 0.3) is 0 Å². The van der Waals surface area contributed by atoms with Crippen LogP contribution in [0.5, 0.6) is 0 Å². The van der Waals surface area contributed by atoms with Crippen LogP contribution in [0.3, 0.4) is 0 Å². The summed E-state index contributed by atoms with van der Waals surface area (Å²) in [5.41, 5.74) is 1.10. The topological polar surface area (TPSA) is 38.9 Å². The second kappa shape index (κ2) is 4.30. The van der Waals surface area contributed by atoms with E-state index in [1.54, 1.807) is 11.4 Å². The molecule has 0 saturated heterocycles. The molecule has 6 heteroatoms. The molecule has 90 valence electrons. The number of rotatable bonds is 2. The highest BCUT2D eigenvalue weighted by atomic mass is 32.1. The average molecular weight is 264 g/mol. The highest BCUT2D eigenvalue weighted by Gasteiger charge is 2.11. The first-order valence-electron chi connectivity index (χ1n) is 5.06. The quantitative estimate of drug-likeness (QED) is 0.707. The molecule has 3 aromatic rings. The molecule has 18 heavy (non-hydrogen) atoms. The molecule has 0 unspecified atom stereocenters. The Hall–Kier alpha value is -2.08. The van der Waals surface area contributed by atoms with Gasteiger partial charge in [-0.05, 0) is 18.2 Å². The number of hydrogen-bond donors (Lipinski definition) is 0. The van der Waals surface area contributed by atoms with Crippen LogP contribution in [0.1, 0.15) is 0 Å². The molecule has 0 atom stereocenters. The minimum atomic E-state index is -0.887. The van der Waals surface area contributed by atoms with Crippen LogP contribution in [0.25, 0.3) is 22.0 Å². The van der Waals surface area contributed by atoms with E-state index in [0.717, 1.165) is 12.1 Å². The molecule has 3 nitrogen and oxygen atoms in total. The predicted octanol–water partition coefficient (Wildman–Crippen LogP) is 3.74. The van der Waals surface area contributed by atoms with Crippen LogP contribution < -0.4 is 0 Å². The Kier molecular flexibility index (Phi) is 2.64. The Balaban J connectivity index is 2.00. The lowest BCUT2D eigenvalue weighted by Gasteiger charge is -1.97. The van der Waals surface area contributed by atoms with E-state index in [-0.39, 0.29) is 0 Å². The number of hydrogen-bond acceptors (Lipinski definition) is 4. The molecule has 2 aromatic heterocycles. The molecular formula is C12H6F2N2OS. The second-order valence-electron chi connectivity index (χ2n) is 3.54. The molecule has 0 spiro atoms. The summed E-state index contributed by atoms with van der Waals surface area (Å²) in [6.45, 7) is 0. The molecule has 0 aliphatic rings. The van der Waals surface area contributed by atoms with Crippen molar-refractivity contribution in [2.24, 2.45) is 0 Å². The van der Waals surface area contributed by atoms with Crippen molar-refractivity contribution in [3.05, 3.63) is 47.5 Å². The number of nitrogens with zero attached hydrogens (tertiary/aromatic N) is 2. The van der Waals surface area contributed by atoms with E-state index in [1.165, 1.54) is 23.6 Å². The lowest BCUT2D eigenvalue weighted by molar-refractivity contribution is 0.432. The van der Waals surface area contributed by atoms with E-state index in [1.807, 2.05) is 0 Å². The summed E-state index contributed by atoms with van der Waals surface area (Å²) in [5, 5.41) is 5.99. The largest absolute Gasteiger partial charge is 0.354 e. The summed E-state index contributed by atoms with van der Waals surface area (Å²) in [7, 11) is 0. The fourth-order valence-electron chi connectivity index (χ4n) is 1.50. The zero-order chi connectivity index (χ0) is 12.5. The van der Waals surface area contributed by atoms with Gasteiger partial charge in [-0.25, -0.2) is 13.8 Å². The van der Waals surface area contributed by atoms with Crippen molar-refractivity contribution in [2.45, 2.75) is 0 Å². The fourth-order valence-corrected chi connectivity index (χ4v) is 2.29. The summed E-state index contributed by atoms with van der Waals surface area (Å²) >= 11 is 1.35. The van der Waals surface area contributed by atoms with Crippen LogP contribution >= 0.6 is 11.3 Å². The van der Waals surface area contributed by atoms with Crippen molar-refractivity contribution in [2.75, 3.05) is 0 Å². The Labute approximate surface area is 105 Å². The minimum absolute atomic E-state index is 0.524. The van der Waals surface area contributed by atoms with Gasteiger partial charge in [0.1, 0.15) is 0 Å². The molecule has 0 bridgehead atoms. The summed E-state index contributed by atoms with van der Waals surface area (Å²) in [6, 6.07) is 5.37. The van der Waals surface area contributed by atoms with Crippen molar-refractivity contribution in [1.82, 2.24) is 10.1 Å². The summed E-state index contributed by atoms with van der Waals surface area (Å²) in [4.78, 5) is 4.29. The van der Waals surface area contributed by atoms with Crippen LogP contribution in [-0.4, -0.2) is 10.1 Å². The second-order valence-corrected chi connectivity index (χ2v) is 4.40. The van der Waals surface area contributed by atoms with E-state index in [4.69, 9.17) is 4.52 Å². The molecule has 3 rings (SSSR count). The third-order valence-corrected chi connectivity index (χ3v) is 3.22. The first-order valence-corrected chi connectivity index (χ1v) is 5.94. The zero-order valence-corrected chi connectivity index (χ0v) is 9.75. The molecule has 0 fully saturated rings. The van der Waals surface area contributed by atoms with E-state index >= 15 is 0 Å². The van der Waals surface area contributed by atoms with Crippen molar-refractivity contribution in [3.63, 3.8) is 0 Å². The Bertz CT molecular complexity index is 679. The Morgan fingerprint density at radius 3 is 2.72 bits per heavy atom. The predicted molar refractivity (Wildman–Crippen MR) is 63.0 cm³/mol. The maximum Gasteiger partial charge on any atom is 0.195 e. The SMILES string of the molecule is Fc1ccc(-c2csc(-c3ccno3)n2)cc1F. The van der Waals surface area contributed by atoms with Crippen molar-refractivity contribution in [1.29, 1.82) is 0 Å². The van der Waals surface area contributed by atoms with Gasteiger partial charge >= 0.3 is 0 Å². The first-order chi connectivity index (χ1) is 8.74. The number of benzene rings is 1. The van der Waals surface area contributed by atoms with Crippen molar-refractivity contribution >= 4 is 11.3 Å². The average Bonchev–Trinajstić information content (AvgIpc) is 3.01. The molecule has 0 aliphatic heterocycles. The Morgan fingerprint density at radius 1 is 1.11 bits per heavy atom. The third-order valence-electron chi connectivity index (χ3n) is 2.37. The van der Waals surface area contributed by atoms with Gasteiger partial charge in [-0.15, -0.1) is 11.3 Å². The van der Waals surface area contributed by atoms with E-state index < -0.39 is 11.6 Å². The standard InChI is InChI=1S/C12H6F2N2OS/c13-8-2-1-7(5-9(8)14)10-6-18-12(16-10)11-3-4-15-17-11/h1-6H. The van der Waals surface area contributed by atoms with Crippen molar-refractivity contribution in [3.8, 4) is 22.0 Å². The monoisotopic (exact) mass is 264 g/mol. The normalized spacial score (nSPS) is 10.8. The molecule has 0 N–H and O–H groups in total. The minimum Gasteiger partial charge on any atom is -0.354 e. The zero-order valence-electron chi connectivity index (χ0n) is 8.93. The maximum atomic E-state index is 13.1. The molecule has 0 saturated carbocycles. The number of aromatic nitrogens is 2. The van der Waals surface area contributed by atoms with Gasteiger partial charge in [0.05, 0.1) is 11.9 Å². The van der Waals surface area contributed by atoms with Gasteiger partial charge in [-0.1, -0.05) is 5.16 Å². The molecule has 1 aromatic carbocycles. The summed E-state index contributed by atoms with van der Waals surface area (Å²) < 4.78 is 30.9. The first kappa shape index (κ1) is 11.0. The fraction of sp³-hybridized carbons (Fsp3) is 0. The number of halogens is 2. The van der Waals surface area contributed by atoms with Crippen LogP contribution in [0, 0.1) is 11.6 Å². The Morgan fingerprint density at radius 2 is 2.00 bits per heavy atom. The lowest BCUT2D eigenvalue weighted by Crippen LogP contribution is -1.85. The smallest absolute Gasteiger partial charge is 0.195 e. The highest BCUT2D eigenvalue weighted by Crippen LogP contribution is 2.29. The van der Waals surface area contributed by atoms with Crippen LogP contribution in [0.15, 0.2) is 40.4 Å². The third kappa shape index (κ3) is 1.91. The van der Waals surface area contributed by atoms with Gasteiger partial charge in [0.2, 0.25) is 0 Å². The summed E-state index contributed by atoms with van der Waals surface area (Å²) in [5.74, 6) is -1.21. The lowest BCUT2D eigenvalue weighted by atomic mass is 10.2. The van der Waals surface area contributed by atoms with Crippen molar-refractivity contribution < 1.29 is 13.3 Å². The number of thiazole rings is 1. The van der Waals surface area contributed by atoms with Gasteiger partial charge in [-0.3, -0.25) is 0 Å². The van der Waals surface area contributed by atoms with Gasteiger partial charge in [-0.2, -0.15) is 0 Å². The van der Waals surface area contributed by atoms with Crippen LogP contribution in [-0.2, 0) is 0 Å². The van der Waals surface area contributed by atoms with E-state index in [9.17, 15) is 8.78 Å². The van der Waals surface area contributed by atoms with Crippen LogP contribution in [0.2, 0.25) is 0 Å². The van der Waals surface area contributed by atoms with E-state index in [2.05, 4.69) is 10.1 Å². The molecule has 0 amide bonds. The summed E-state index contributed by atoms with van der Waals surface area (Å²) in [6.07, 6.45) is 1.52.